The summed E-state index contributed by atoms with van der Waals surface area (Å²) in [5.41, 5.74) is 0.986. The van der Waals surface area contributed by atoms with Gasteiger partial charge < -0.3 is 30.4 Å². The van der Waals surface area contributed by atoms with E-state index in [2.05, 4.69) is 15.6 Å². The monoisotopic (exact) mass is 542 g/mol. The highest BCUT2D eigenvalue weighted by Gasteiger charge is 2.62. The summed E-state index contributed by atoms with van der Waals surface area (Å²) in [5, 5.41) is 16.3. The number of nitrogens with one attached hydrogen (secondary N) is 3. The summed E-state index contributed by atoms with van der Waals surface area (Å²) in [4.78, 5) is 57.1. The summed E-state index contributed by atoms with van der Waals surface area (Å²) in [5.74, 6) is 0.0876. The molecule has 2 aromatic rings. The van der Waals surface area contributed by atoms with Gasteiger partial charge in [0, 0.05) is 29.4 Å². The Morgan fingerprint density at radius 1 is 1.21 bits per heavy atom. The molecule has 4 aliphatic rings. The first-order valence-electron chi connectivity index (χ1n) is 13.2. The van der Waals surface area contributed by atoms with Gasteiger partial charge in [-0.15, -0.1) is 0 Å². The molecule has 1 aromatic heterocycles. The van der Waals surface area contributed by atoms with Gasteiger partial charge in [0.2, 0.25) is 11.8 Å². The van der Waals surface area contributed by atoms with E-state index in [4.69, 9.17) is 16.3 Å². The first-order chi connectivity index (χ1) is 18.3. The summed E-state index contributed by atoms with van der Waals surface area (Å²) in [6.07, 6.45) is 2.69. The minimum atomic E-state index is -0.993. The fourth-order valence-electron chi connectivity index (χ4n) is 7.06. The van der Waals surface area contributed by atoms with E-state index >= 15 is 0 Å². The maximum Gasteiger partial charge on any atom is 0.271 e. The Bertz CT molecular complexity index is 1330. The number of aromatic nitrogens is 1. The van der Waals surface area contributed by atoms with Crippen molar-refractivity contribution in [1.82, 2.24) is 20.5 Å². The number of rotatable bonds is 8. The van der Waals surface area contributed by atoms with E-state index in [0.717, 1.165) is 12.8 Å². The van der Waals surface area contributed by atoms with Gasteiger partial charge in [0.05, 0.1) is 18.7 Å². The van der Waals surface area contributed by atoms with Crippen LogP contribution in [-0.4, -0.2) is 77.4 Å². The van der Waals surface area contributed by atoms with E-state index in [-0.39, 0.29) is 30.1 Å². The Morgan fingerprint density at radius 3 is 2.71 bits per heavy atom. The van der Waals surface area contributed by atoms with Crippen LogP contribution < -0.4 is 15.4 Å². The van der Waals surface area contributed by atoms with E-state index in [1.54, 1.807) is 23.1 Å². The molecule has 38 heavy (non-hydrogen) atoms. The highest BCUT2D eigenvalue weighted by molar-refractivity contribution is 6.31. The van der Waals surface area contributed by atoms with Crippen LogP contribution in [0.5, 0.6) is 5.75 Å². The Labute approximate surface area is 224 Å². The third-order valence-electron chi connectivity index (χ3n) is 8.99. The molecule has 1 aromatic carbocycles. The van der Waals surface area contributed by atoms with Crippen LogP contribution in [0.4, 0.5) is 0 Å². The van der Waals surface area contributed by atoms with E-state index in [1.165, 1.54) is 7.11 Å². The normalized spacial score (nSPS) is 30.1. The Morgan fingerprint density at radius 2 is 2.00 bits per heavy atom. The van der Waals surface area contributed by atoms with Gasteiger partial charge in [0.15, 0.2) is 5.78 Å². The molecule has 6 rings (SSSR count). The quantitative estimate of drug-likeness (QED) is 0.398. The number of carbonyl (C=O) groups excluding carboxylic acids is 4. The van der Waals surface area contributed by atoms with Gasteiger partial charge in [-0.1, -0.05) is 11.6 Å². The fourth-order valence-corrected chi connectivity index (χ4v) is 7.27. The summed E-state index contributed by atoms with van der Waals surface area (Å²) in [7, 11) is 1.53. The Balaban J connectivity index is 1.27. The number of benzene rings is 1. The molecular weight excluding hydrogens is 512 g/mol. The van der Waals surface area contributed by atoms with Crippen molar-refractivity contribution in [2.75, 3.05) is 26.8 Å². The van der Waals surface area contributed by atoms with E-state index < -0.39 is 36.3 Å². The smallest absolute Gasteiger partial charge is 0.271 e. The molecule has 1 unspecified atom stereocenters. The van der Waals surface area contributed by atoms with Crippen LogP contribution in [0, 0.1) is 29.6 Å². The van der Waals surface area contributed by atoms with Crippen molar-refractivity contribution in [2.24, 2.45) is 29.6 Å². The lowest BCUT2D eigenvalue weighted by Gasteiger charge is -2.29. The molecular formula is C27H31ClN4O6. The zero-order chi connectivity index (χ0) is 26.7. The molecule has 0 spiro atoms. The molecule has 3 heterocycles. The third kappa shape index (κ3) is 4.23. The lowest BCUT2D eigenvalue weighted by Crippen LogP contribution is -2.53. The van der Waals surface area contributed by atoms with Crippen LogP contribution in [0.25, 0.3) is 10.9 Å². The van der Waals surface area contributed by atoms with Crippen LogP contribution in [-0.2, 0) is 14.4 Å². The first kappa shape index (κ1) is 25.2. The number of aliphatic hydroxyl groups is 1. The van der Waals surface area contributed by atoms with Crippen LogP contribution in [0.1, 0.15) is 36.2 Å². The second-order valence-corrected chi connectivity index (χ2v) is 11.5. The number of ether oxygens (including phenoxy) is 1. The number of fused-ring (bicyclic) bond motifs is 4. The lowest BCUT2D eigenvalue weighted by atomic mass is 9.88. The number of methoxy groups -OCH3 is 1. The molecule has 202 valence electrons. The molecule has 2 saturated heterocycles. The number of ketones is 1. The summed E-state index contributed by atoms with van der Waals surface area (Å²) in [6.45, 7) is 0.261. The summed E-state index contributed by atoms with van der Waals surface area (Å²) >= 11 is 6.21. The maximum absolute atomic E-state index is 13.8. The minimum Gasteiger partial charge on any atom is -0.496 e. The first-order valence-corrected chi connectivity index (χ1v) is 13.6. The molecule has 7 atom stereocenters. The molecule has 0 radical (unpaired) electrons. The zero-order valence-corrected chi connectivity index (χ0v) is 21.8. The van der Waals surface area contributed by atoms with Gasteiger partial charge in [-0.25, -0.2) is 0 Å². The third-order valence-corrected chi connectivity index (χ3v) is 9.21. The van der Waals surface area contributed by atoms with Crippen LogP contribution in [0.15, 0.2) is 18.2 Å². The van der Waals surface area contributed by atoms with Crippen molar-refractivity contribution < 1.29 is 29.0 Å². The topological polar surface area (TPSA) is 141 Å². The van der Waals surface area contributed by atoms with Crippen LogP contribution in [0.3, 0.4) is 0 Å². The number of hydrogen-bond donors (Lipinski definition) is 4. The van der Waals surface area contributed by atoms with Gasteiger partial charge in [0.1, 0.15) is 24.1 Å². The van der Waals surface area contributed by atoms with Crippen molar-refractivity contribution in [3.63, 3.8) is 0 Å². The van der Waals surface area contributed by atoms with Gasteiger partial charge in [-0.2, -0.15) is 0 Å². The predicted molar refractivity (Wildman–Crippen MR) is 138 cm³/mol. The largest absolute Gasteiger partial charge is 0.496 e. The van der Waals surface area contributed by atoms with E-state index in [0.29, 0.717) is 58.7 Å². The highest BCUT2D eigenvalue weighted by Crippen LogP contribution is 2.62. The number of aliphatic hydroxyl groups excluding tert-OH is 1. The van der Waals surface area contributed by atoms with Crippen molar-refractivity contribution in [3.05, 3.63) is 28.9 Å². The average molecular weight is 543 g/mol. The highest BCUT2D eigenvalue weighted by atomic mass is 35.5. The van der Waals surface area contributed by atoms with Gasteiger partial charge in [-0.05, 0) is 67.6 Å². The standard InChI is InChI=1S/C27H31ClN4O6/c1-38-23-8-14(28)7-19-17(23)9-21(30-19)27(37)32-10-18-15-4-13(15)5-16(18)24(32)26(36)31-20(22(34)11-33)6-12-2-3-29-25(12)35/h7-9,12-13,15-16,18,20,24,30,33H,2-6,10-11H2,1H3,(H,29,35)(H,31,36)/t12-,13?,15-,16-,18+,20-,24-/m0/s1. The molecule has 2 aliphatic carbocycles. The van der Waals surface area contributed by atoms with E-state index in [9.17, 15) is 24.3 Å². The summed E-state index contributed by atoms with van der Waals surface area (Å²) < 4.78 is 5.43. The van der Waals surface area contributed by atoms with Gasteiger partial charge in [0.25, 0.3) is 5.91 Å². The number of Topliss-reactive ketones (excluding diaryl/α,β-unsaturated/α-hetero) is 1. The van der Waals surface area contributed by atoms with Crippen molar-refractivity contribution in [2.45, 2.75) is 37.8 Å². The maximum atomic E-state index is 13.8. The molecule has 11 heteroatoms. The average Bonchev–Trinajstić information content (AvgIpc) is 3.25. The van der Waals surface area contributed by atoms with Crippen LogP contribution >= 0.6 is 11.6 Å². The minimum absolute atomic E-state index is 0.00992. The van der Waals surface area contributed by atoms with Crippen molar-refractivity contribution in [1.29, 1.82) is 0 Å². The SMILES string of the molecule is COc1cc(Cl)cc2[nH]c(C(=O)N3C[C@H]4[C@H](CC5C[C@@H]54)[C@H]3C(=O)N[C@@H](C[C@@H]3CCNC3=O)C(=O)CO)cc12. The summed E-state index contributed by atoms with van der Waals surface area (Å²) in [6, 6.07) is 3.39. The number of hydrogen-bond acceptors (Lipinski definition) is 6. The number of aromatic amines is 1. The van der Waals surface area contributed by atoms with Crippen molar-refractivity contribution >= 4 is 46.0 Å². The van der Waals surface area contributed by atoms with E-state index in [1.807, 2.05) is 0 Å². The fraction of sp³-hybridized carbons (Fsp3) is 0.556. The molecule has 2 saturated carbocycles. The second kappa shape index (κ2) is 9.57. The lowest BCUT2D eigenvalue weighted by molar-refractivity contribution is -0.133. The number of carbonyl (C=O) groups is 4. The Kier molecular flexibility index (Phi) is 6.34. The number of nitrogens with zero attached hydrogens (tertiary/aromatic N) is 1. The molecule has 4 N–H and O–H groups in total. The van der Waals surface area contributed by atoms with Gasteiger partial charge >= 0.3 is 0 Å². The van der Waals surface area contributed by atoms with Crippen molar-refractivity contribution in [3.8, 4) is 5.75 Å². The van der Waals surface area contributed by atoms with Crippen LogP contribution in [0.2, 0.25) is 5.02 Å². The number of H-pyrrole nitrogens is 1. The molecule has 3 amide bonds. The molecule has 10 nitrogen and oxygen atoms in total. The molecule has 2 aliphatic heterocycles. The number of halogens is 1. The molecule has 4 fully saturated rings. The second-order valence-electron chi connectivity index (χ2n) is 11.1. The molecule has 0 bridgehead atoms. The Hall–Kier alpha value is -3.11. The van der Waals surface area contributed by atoms with Gasteiger partial charge in [-0.3, -0.25) is 19.2 Å². The number of amides is 3. The zero-order valence-electron chi connectivity index (χ0n) is 21.0. The number of likely N-dealkylation sites (tertiary alicyclic amines) is 1. The predicted octanol–water partition coefficient (Wildman–Crippen LogP) is 1.50.